The summed E-state index contributed by atoms with van der Waals surface area (Å²) in [6.45, 7) is 1.58. The number of nitrogens with zero attached hydrogens (tertiary/aromatic N) is 3. The quantitative estimate of drug-likeness (QED) is 0.764. The van der Waals surface area contributed by atoms with Crippen molar-refractivity contribution in [2.45, 2.75) is 12.8 Å². The van der Waals surface area contributed by atoms with Crippen molar-refractivity contribution >= 4 is 11.7 Å². The molecule has 17 heavy (non-hydrogen) atoms. The highest BCUT2D eigenvalue weighted by Crippen LogP contribution is 2.20. The Labute approximate surface area is 99.5 Å². The SMILES string of the molecule is Nc1cnc(C(=O)N2CCC(CCO)C2)cn1. The number of aromatic nitrogens is 2. The lowest BCUT2D eigenvalue weighted by atomic mass is 10.1. The number of nitrogen functional groups attached to an aromatic ring is 1. The van der Waals surface area contributed by atoms with Gasteiger partial charge in [-0.05, 0) is 18.8 Å². The summed E-state index contributed by atoms with van der Waals surface area (Å²) in [6.07, 6.45) is 4.47. The van der Waals surface area contributed by atoms with E-state index in [0.29, 0.717) is 24.0 Å². The van der Waals surface area contributed by atoms with Crippen molar-refractivity contribution in [2.24, 2.45) is 5.92 Å². The Morgan fingerprint density at radius 1 is 1.53 bits per heavy atom. The molecule has 1 aliphatic heterocycles. The smallest absolute Gasteiger partial charge is 0.274 e. The van der Waals surface area contributed by atoms with Crippen LogP contribution in [-0.2, 0) is 0 Å². The predicted octanol–water partition coefficient (Wildman–Crippen LogP) is -0.0967. The Balaban J connectivity index is 1.99. The lowest BCUT2D eigenvalue weighted by molar-refractivity contribution is 0.0778. The number of rotatable bonds is 3. The first kappa shape index (κ1) is 11.8. The molecular weight excluding hydrogens is 220 g/mol. The Morgan fingerprint density at radius 3 is 3.00 bits per heavy atom. The normalized spacial score (nSPS) is 19.6. The summed E-state index contributed by atoms with van der Waals surface area (Å²) in [7, 11) is 0. The molecule has 0 aromatic carbocycles. The zero-order chi connectivity index (χ0) is 12.3. The number of carbonyl (C=O) groups excluding carboxylic acids is 1. The topological polar surface area (TPSA) is 92.3 Å². The van der Waals surface area contributed by atoms with Gasteiger partial charge in [0.05, 0.1) is 12.4 Å². The van der Waals surface area contributed by atoms with Crippen LogP contribution in [0.2, 0.25) is 0 Å². The molecule has 6 nitrogen and oxygen atoms in total. The number of nitrogens with two attached hydrogens (primary N) is 1. The van der Waals surface area contributed by atoms with E-state index >= 15 is 0 Å². The van der Waals surface area contributed by atoms with E-state index in [1.165, 1.54) is 12.4 Å². The largest absolute Gasteiger partial charge is 0.396 e. The third-order valence-electron chi connectivity index (χ3n) is 3.00. The van der Waals surface area contributed by atoms with Crippen molar-refractivity contribution in [2.75, 3.05) is 25.4 Å². The van der Waals surface area contributed by atoms with Crippen LogP contribution in [-0.4, -0.2) is 45.6 Å². The van der Waals surface area contributed by atoms with Gasteiger partial charge in [-0.15, -0.1) is 0 Å². The lowest BCUT2D eigenvalue weighted by Gasteiger charge is -2.15. The van der Waals surface area contributed by atoms with Crippen molar-refractivity contribution in [1.29, 1.82) is 0 Å². The molecule has 1 aliphatic rings. The van der Waals surface area contributed by atoms with E-state index in [4.69, 9.17) is 10.8 Å². The van der Waals surface area contributed by atoms with Crippen LogP contribution in [0.15, 0.2) is 12.4 Å². The fourth-order valence-electron chi connectivity index (χ4n) is 2.05. The van der Waals surface area contributed by atoms with E-state index in [1.54, 1.807) is 4.90 Å². The molecule has 6 heteroatoms. The fraction of sp³-hybridized carbons (Fsp3) is 0.545. The molecule has 1 unspecified atom stereocenters. The molecule has 2 rings (SSSR count). The molecule has 1 amide bonds. The van der Waals surface area contributed by atoms with Crippen molar-refractivity contribution in [3.05, 3.63) is 18.1 Å². The number of carbonyl (C=O) groups is 1. The summed E-state index contributed by atoms with van der Waals surface area (Å²) < 4.78 is 0. The predicted molar refractivity (Wildman–Crippen MR) is 62.2 cm³/mol. The average Bonchev–Trinajstić information content (AvgIpc) is 2.78. The molecule has 1 saturated heterocycles. The van der Waals surface area contributed by atoms with Crippen LogP contribution in [0.5, 0.6) is 0 Å². The van der Waals surface area contributed by atoms with E-state index < -0.39 is 0 Å². The second-order valence-electron chi connectivity index (χ2n) is 4.24. The van der Waals surface area contributed by atoms with Gasteiger partial charge >= 0.3 is 0 Å². The van der Waals surface area contributed by atoms with Crippen LogP contribution in [0, 0.1) is 5.92 Å². The zero-order valence-corrected chi connectivity index (χ0v) is 9.54. The minimum absolute atomic E-state index is 0.113. The van der Waals surface area contributed by atoms with E-state index in [1.807, 2.05) is 0 Å². The molecule has 1 fully saturated rings. The third kappa shape index (κ3) is 2.71. The number of anilines is 1. The molecule has 0 spiro atoms. The monoisotopic (exact) mass is 236 g/mol. The first-order valence-corrected chi connectivity index (χ1v) is 5.68. The summed E-state index contributed by atoms with van der Waals surface area (Å²) in [5, 5.41) is 8.86. The van der Waals surface area contributed by atoms with Gasteiger partial charge in [0, 0.05) is 19.7 Å². The third-order valence-corrected chi connectivity index (χ3v) is 3.00. The van der Waals surface area contributed by atoms with Crippen molar-refractivity contribution in [3.8, 4) is 0 Å². The Kier molecular flexibility index (Phi) is 3.53. The number of hydrogen-bond acceptors (Lipinski definition) is 5. The minimum atomic E-state index is -0.113. The molecular formula is C11H16N4O2. The fourth-order valence-corrected chi connectivity index (χ4v) is 2.05. The van der Waals surface area contributed by atoms with Crippen LogP contribution in [0.3, 0.4) is 0 Å². The van der Waals surface area contributed by atoms with E-state index in [-0.39, 0.29) is 12.5 Å². The summed E-state index contributed by atoms with van der Waals surface area (Å²) in [4.78, 5) is 21.6. The molecule has 1 aromatic rings. The molecule has 0 saturated carbocycles. The van der Waals surface area contributed by atoms with Crippen molar-refractivity contribution < 1.29 is 9.90 Å². The average molecular weight is 236 g/mol. The van der Waals surface area contributed by atoms with Crippen LogP contribution >= 0.6 is 0 Å². The molecule has 0 aliphatic carbocycles. The Bertz CT molecular complexity index is 393. The highest BCUT2D eigenvalue weighted by Gasteiger charge is 2.27. The maximum absolute atomic E-state index is 12.0. The van der Waals surface area contributed by atoms with Crippen LogP contribution in [0.25, 0.3) is 0 Å². The van der Waals surface area contributed by atoms with Crippen LogP contribution in [0.1, 0.15) is 23.3 Å². The van der Waals surface area contributed by atoms with Crippen molar-refractivity contribution in [1.82, 2.24) is 14.9 Å². The van der Waals surface area contributed by atoms with E-state index in [0.717, 1.165) is 19.4 Å². The molecule has 1 aromatic heterocycles. The highest BCUT2D eigenvalue weighted by atomic mass is 16.3. The first-order valence-electron chi connectivity index (χ1n) is 5.68. The minimum Gasteiger partial charge on any atom is -0.396 e. The number of likely N-dealkylation sites (tertiary alicyclic amines) is 1. The second kappa shape index (κ2) is 5.09. The number of hydrogen-bond donors (Lipinski definition) is 2. The first-order chi connectivity index (χ1) is 8.20. The van der Waals surface area contributed by atoms with Gasteiger partial charge in [0.1, 0.15) is 11.5 Å². The Morgan fingerprint density at radius 2 is 2.35 bits per heavy atom. The summed E-state index contributed by atoms with van der Waals surface area (Å²) in [5.74, 6) is 0.588. The van der Waals surface area contributed by atoms with Gasteiger partial charge in [0.15, 0.2) is 0 Å². The molecule has 3 N–H and O–H groups in total. The zero-order valence-electron chi connectivity index (χ0n) is 9.54. The van der Waals surface area contributed by atoms with Gasteiger partial charge in [-0.3, -0.25) is 4.79 Å². The van der Waals surface area contributed by atoms with E-state index in [2.05, 4.69) is 9.97 Å². The maximum atomic E-state index is 12.0. The van der Waals surface area contributed by atoms with Gasteiger partial charge in [-0.25, -0.2) is 9.97 Å². The van der Waals surface area contributed by atoms with Gasteiger partial charge < -0.3 is 15.7 Å². The number of aliphatic hydroxyl groups is 1. The summed E-state index contributed by atoms with van der Waals surface area (Å²) in [5.41, 5.74) is 5.74. The van der Waals surface area contributed by atoms with Crippen LogP contribution in [0.4, 0.5) is 5.82 Å². The lowest BCUT2D eigenvalue weighted by Crippen LogP contribution is -2.29. The van der Waals surface area contributed by atoms with Gasteiger partial charge in [0.25, 0.3) is 5.91 Å². The van der Waals surface area contributed by atoms with Gasteiger partial charge in [-0.1, -0.05) is 0 Å². The summed E-state index contributed by atoms with van der Waals surface area (Å²) >= 11 is 0. The highest BCUT2D eigenvalue weighted by molar-refractivity contribution is 5.92. The molecule has 92 valence electrons. The molecule has 0 bridgehead atoms. The van der Waals surface area contributed by atoms with Gasteiger partial charge in [-0.2, -0.15) is 0 Å². The second-order valence-corrected chi connectivity index (χ2v) is 4.24. The maximum Gasteiger partial charge on any atom is 0.274 e. The van der Waals surface area contributed by atoms with E-state index in [9.17, 15) is 4.79 Å². The number of aliphatic hydroxyl groups excluding tert-OH is 1. The molecule has 1 atom stereocenters. The van der Waals surface area contributed by atoms with Crippen LogP contribution < -0.4 is 5.73 Å². The Hall–Kier alpha value is -1.69. The standard InChI is InChI=1S/C11H16N4O2/c12-10-6-13-9(5-14-10)11(17)15-3-1-8(7-15)2-4-16/h5-6,8,16H,1-4,7H2,(H2,12,14). The summed E-state index contributed by atoms with van der Waals surface area (Å²) in [6, 6.07) is 0. The van der Waals surface area contributed by atoms with Crippen molar-refractivity contribution in [3.63, 3.8) is 0 Å². The molecule has 2 heterocycles. The number of amides is 1. The van der Waals surface area contributed by atoms with Gasteiger partial charge in [0.2, 0.25) is 0 Å². The molecule has 0 radical (unpaired) electrons.